The Morgan fingerprint density at radius 2 is 2.12 bits per heavy atom. The first-order valence-electron chi connectivity index (χ1n) is 5.23. The van der Waals surface area contributed by atoms with Crippen LogP contribution in [-0.4, -0.2) is 9.97 Å². The molecule has 2 rings (SSSR count). The number of anilines is 1. The van der Waals surface area contributed by atoms with Gasteiger partial charge in [0, 0.05) is 17.8 Å². The second-order valence-electron chi connectivity index (χ2n) is 3.49. The Bertz CT molecular complexity index is 531. The van der Waals surface area contributed by atoms with Crippen molar-refractivity contribution in [1.29, 1.82) is 0 Å². The third-order valence-electron chi connectivity index (χ3n) is 2.26. The highest BCUT2D eigenvalue weighted by atomic mass is 19.1. The van der Waals surface area contributed by atoms with Gasteiger partial charge in [0.1, 0.15) is 17.9 Å². The van der Waals surface area contributed by atoms with Crippen molar-refractivity contribution in [2.24, 2.45) is 0 Å². The van der Waals surface area contributed by atoms with Gasteiger partial charge in [0.15, 0.2) is 0 Å². The summed E-state index contributed by atoms with van der Waals surface area (Å²) in [7, 11) is 0. The number of hydrogen-bond donors (Lipinski definition) is 1. The number of halogens is 1. The zero-order chi connectivity index (χ0) is 12.3. The van der Waals surface area contributed by atoms with E-state index in [0.29, 0.717) is 11.6 Å². The normalized spacial score (nSPS) is 10.2. The second kappa shape index (κ2) is 4.78. The molecule has 2 aromatic rings. The molecule has 17 heavy (non-hydrogen) atoms. The van der Waals surface area contributed by atoms with Crippen molar-refractivity contribution < 1.29 is 9.13 Å². The Morgan fingerprint density at radius 1 is 1.29 bits per heavy atom. The minimum atomic E-state index is -0.507. The lowest BCUT2D eigenvalue weighted by Crippen LogP contribution is -1.94. The van der Waals surface area contributed by atoms with E-state index in [1.165, 1.54) is 18.5 Å². The lowest BCUT2D eigenvalue weighted by atomic mass is 10.3. The van der Waals surface area contributed by atoms with Crippen molar-refractivity contribution in [3.63, 3.8) is 0 Å². The molecule has 0 amide bonds. The van der Waals surface area contributed by atoms with Crippen LogP contribution >= 0.6 is 0 Å². The molecule has 0 spiro atoms. The van der Waals surface area contributed by atoms with Gasteiger partial charge >= 0.3 is 0 Å². The highest BCUT2D eigenvalue weighted by molar-refractivity contribution is 5.44. The zero-order valence-electron chi connectivity index (χ0n) is 9.35. The first-order chi connectivity index (χ1) is 8.19. The molecular formula is C12H12FN3O. The van der Waals surface area contributed by atoms with Crippen LogP contribution in [0.25, 0.3) is 0 Å². The molecule has 0 unspecified atom stereocenters. The van der Waals surface area contributed by atoms with E-state index in [0.717, 1.165) is 12.1 Å². The molecule has 0 fully saturated rings. The van der Waals surface area contributed by atoms with Gasteiger partial charge in [0.2, 0.25) is 5.88 Å². The Labute approximate surface area is 98.3 Å². The van der Waals surface area contributed by atoms with Gasteiger partial charge in [-0.25, -0.2) is 14.4 Å². The average Bonchev–Trinajstić information content (AvgIpc) is 2.34. The summed E-state index contributed by atoms with van der Waals surface area (Å²) in [5, 5.41) is 0. The predicted molar refractivity (Wildman–Crippen MR) is 62.3 cm³/mol. The molecule has 1 aromatic heterocycles. The van der Waals surface area contributed by atoms with E-state index in [4.69, 9.17) is 10.5 Å². The molecule has 0 saturated heterocycles. The monoisotopic (exact) mass is 233 g/mol. The topological polar surface area (TPSA) is 61.0 Å². The van der Waals surface area contributed by atoms with Crippen molar-refractivity contribution in [3.05, 3.63) is 42.1 Å². The number of nitrogen functional groups attached to an aromatic ring is 1. The number of benzene rings is 1. The summed E-state index contributed by atoms with van der Waals surface area (Å²) in [6.07, 6.45) is 2.21. The Kier molecular flexibility index (Phi) is 3.18. The van der Waals surface area contributed by atoms with Crippen molar-refractivity contribution in [3.8, 4) is 11.6 Å². The molecule has 4 nitrogen and oxygen atoms in total. The fourth-order valence-electron chi connectivity index (χ4n) is 1.32. The number of nitrogens with zero attached hydrogens (tertiary/aromatic N) is 2. The van der Waals surface area contributed by atoms with Crippen LogP contribution in [0.15, 0.2) is 30.6 Å². The van der Waals surface area contributed by atoms with E-state index in [1.54, 1.807) is 12.1 Å². The van der Waals surface area contributed by atoms with Gasteiger partial charge in [-0.05, 0) is 18.6 Å². The summed E-state index contributed by atoms with van der Waals surface area (Å²) in [6, 6.07) is 5.98. The molecule has 0 saturated carbocycles. The molecular weight excluding hydrogens is 221 g/mol. The molecule has 0 atom stereocenters. The van der Waals surface area contributed by atoms with Crippen molar-refractivity contribution in [2.45, 2.75) is 13.3 Å². The minimum Gasteiger partial charge on any atom is -0.439 e. The van der Waals surface area contributed by atoms with Gasteiger partial charge in [0.05, 0.1) is 5.69 Å². The van der Waals surface area contributed by atoms with Gasteiger partial charge < -0.3 is 10.5 Å². The molecule has 1 heterocycles. The lowest BCUT2D eigenvalue weighted by molar-refractivity contribution is 0.456. The van der Waals surface area contributed by atoms with Gasteiger partial charge in [-0.3, -0.25) is 0 Å². The quantitative estimate of drug-likeness (QED) is 0.827. The van der Waals surface area contributed by atoms with Crippen LogP contribution < -0.4 is 10.5 Å². The van der Waals surface area contributed by atoms with Crippen LogP contribution in [0.4, 0.5) is 10.1 Å². The number of rotatable bonds is 3. The maximum absolute atomic E-state index is 13.2. The van der Waals surface area contributed by atoms with E-state index in [1.807, 2.05) is 6.92 Å². The van der Waals surface area contributed by atoms with Crippen LogP contribution in [0.1, 0.15) is 12.6 Å². The molecule has 0 radical (unpaired) electrons. The van der Waals surface area contributed by atoms with Crippen molar-refractivity contribution >= 4 is 5.69 Å². The Balaban J connectivity index is 2.22. The predicted octanol–water partition coefficient (Wildman–Crippen LogP) is 2.55. The molecule has 2 N–H and O–H groups in total. The molecule has 88 valence electrons. The smallest absolute Gasteiger partial charge is 0.222 e. The molecule has 5 heteroatoms. The zero-order valence-corrected chi connectivity index (χ0v) is 9.35. The Hall–Kier alpha value is -2.17. The number of aryl methyl sites for hydroxylation is 1. The molecule has 0 aliphatic carbocycles. The number of ether oxygens (including phenoxy) is 1. The van der Waals surface area contributed by atoms with Gasteiger partial charge in [-0.2, -0.15) is 0 Å². The van der Waals surface area contributed by atoms with Crippen LogP contribution in [0.3, 0.4) is 0 Å². The summed E-state index contributed by atoms with van der Waals surface area (Å²) in [5.41, 5.74) is 6.33. The van der Waals surface area contributed by atoms with E-state index in [9.17, 15) is 4.39 Å². The van der Waals surface area contributed by atoms with Crippen molar-refractivity contribution in [1.82, 2.24) is 9.97 Å². The largest absolute Gasteiger partial charge is 0.439 e. The number of aromatic nitrogens is 2. The molecule has 0 bridgehead atoms. The van der Waals surface area contributed by atoms with Crippen molar-refractivity contribution in [2.75, 3.05) is 5.73 Å². The standard InChI is InChI=1S/C12H12FN3O/c1-2-8-5-12(16-7-15-8)17-9-3-4-11(14)10(13)6-9/h3-7H,2,14H2,1H3. The first kappa shape index (κ1) is 11.3. The van der Waals surface area contributed by atoms with E-state index >= 15 is 0 Å². The number of hydrogen-bond acceptors (Lipinski definition) is 4. The number of nitrogens with two attached hydrogens (primary N) is 1. The van der Waals surface area contributed by atoms with Gasteiger partial charge in [-0.1, -0.05) is 6.92 Å². The minimum absolute atomic E-state index is 0.0919. The van der Waals surface area contributed by atoms with Crippen LogP contribution in [0, 0.1) is 5.82 Å². The Morgan fingerprint density at radius 3 is 2.82 bits per heavy atom. The fraction of sp³-hybridized carbons (Fsp3) is 0.167. The molecule has 0 aliphatic rings. The highest BCUT2D eigenvalue weighted by Gasteiger charge is 2.04. The van der Waals surface area contributed by atoms with Crippen LogP contribution in [0.2, 0.25) is 0 Å². The van der Waals surface area contributed by atoms with Gasteiger partial charge in [-0.15, -0.1) is 0 Å². The summed E-state index contributed by atoms with van der Waals surface area (Å²) in [4.78, 5) is 7.99. The summed E-state index contributed by atoms with van der Waals surface area (Å²) in [6.45, 7) is 1.98. The lowest BCUT2D eigenvalue weighted by Gasteiger charge is -2.06. The fourth-order valence-corrected chi connectivity index (χ4v) is 1.32. The molecule has 0 aliphatic heterocycles. The van der Waals surface area contributed by atoms with Gasteiger partial charge in [0.25, 0.3) is 0 Å². The second-order valence-corrected chi connectivity index (χ2v) is 3.49. The SMILES string of the molecule is CCc1cc(Oc2ccc(N)c(F)c2)ncn1. The summed E-state index contributed by atoms with van der Waals surface area (Å²) in [5.74, 6) is 0.241. The molecule has 1 aromatic carbocycles. The van der Waals surface area contributed by atoms with Crippen LogP contribution in [-0.2, 0) is 6.42 Å². The van der Waals surface area contributed by atoms with Crippen LogP contribution in [0.5, 0.6) is 11.6 Å². The average molecular weight is 233 g/mol. The maximum atomic E-state index is 13.2. The third kappa shape index (κ3) is 2.69. The third-order valence-corrected chi connectivity index (χ3v) is 2.26. The summed E-state index contributed by atoms with van der Waals surface area (Å²) < 4.78 is 18.6. The highest BCUT2D eigenvalue weighted by Crippen LogP contribution is 2.22. The van der Waals surface area contributed by atoms with E-state index in [2.05, 4.69) is 9.97 Å². The van der Waals surface area contributed by atoms with E-state index < -0.39 is 5.82 Å². The van der Waals surface area contributed by atoms with E-state index in [-0.39, 0.29) is 5.69 Å². The maximum Gasteiger partial charge on any atom is 0.222 e. The first-order valence-corrected chi connectivity index (χ1v) is 5.23. The summed E-state index contributed by atoms with van der Waals surface area (Å²) >= 11 is 0.